The first-order valence-electron chi connectivity index (χ1n) is 8.76. The molecule has 1 saturated carbocycles. The van der Waals surface area contributed by atoms with Crippen molar-refractivity contribution in [1.82, 2.24) is 15.6 Å². The molecule has 0 aromatic heterocycles. The van der Waals surface area contributed by atoms with E-state index in [0.29, 0.717) is 6.54 Å². The van der Waals surface area contributed by atoms with E-state index in [1.54, 1.807) is 0 Å². The summed E-state index contributed by atoms with van der Waals surface area (Å²) in [7, 11) is 0. The van der Waals surface area contributed by atoms with Crippen LogP contribution in [0.4, 0.5) is 4.79 Å². The number of hydrogen-bond acceptors (Lipinski definition) is 4. The Morgan fingerprint density at radius 2 is 1.95 bits per heavy atom. The van der Waals surface area contributed by atoms with Crippen molar-refractivity contribution in [2.24, 2.45) is 5.10 Å². The molecule has 6 heteroatoms. The van der Waals surface area contributed by atoms with Crippen LogP contribution in [0.15, 0.2) is 5.10 Å². The molecular weight excluding hydrogens is 280 g/mol. The smallest absolute Gasteiger partial charge is 0.335 e. The number of likely N-dealkylation sites (tertiary alicyclic amines) is 1. The van der Waals surface area contributed by atoms with Crippen molar-refractivity contribution in [3.63, 3.8) is 0 Å². The Hall–Kier alpha value is -1.14. The molecule has 0 aromatic rings. The van der Waals surface area contributed by atoms with Gasteiger partial charge in [0.2, 0.25) is 0 Å². The van der Waals surface area contributed by atoms with Gasteiger partial charge in [0, 0.05) is 50.8 Å². The Balaban J connectivity index is 1.33. The summed E-state index contributed by atoms with van der Waals surface area (Å²) >= 11 is 0. The van der Waals surface area contributed by atoms with Crippen molar-refractivity contribution in [1.29, 1.82) is 0 Å². The van der Waals surface area contributed by atoms with Crippen LogP contribution in [0.2, 0.25) is 0 Å². The van der Waals surface area contributed by atoms with Crippen molar-refractivity contribution in [2.75, 3.05) is 26.2 Å². The minimum atomic E-state index is -0.221. The van der Waals surface area contributed by atoms with Crippen molar-refractivity contribution in [3.05, 3.63) is 0 Å². The van der Waals surface area contributed by atoms with Crippen LogP contribution in [0, 0.1) is 0 Å². The topological polar surface area (TPSA) is 66.0 Å². The van der Waals surface area contributed by atoms with Crippen molar-refractivity contribution >= 4 is 11.7 Å². The summed E-state index contributed by atoms with van der Waals surface area (Å²) in [5, 5.41) is 7.10. The Labute approximate surface area is 132 Å². The van der Waals surface area contributed by atoms with E-state index in [1.807, 2.05) is 0 Å². The van der Waals surface area contributed by atoms with Gasteiger partial charge in [-0.15, -0.1) is 0 Å². The lowest BCUT2D eigenvalue weighted by molar-refractivity contribution is 0.111. The summed E-state index contributed by atoms with van der Waals surface area (Å²) in [5.74, 6) is 0. The minimum Gasteiger partial charge on any atom is -0.376 e. The van der Waals surface area contributed by atoms with Crippen LogP contribution in [0.3, 0.4) is 0 Å². The number of carbonyl (C=O) groups is 1. The maximum atomic E-state index is 11.7. The van der Waals surface area contributed by atoms with Gasteiger partial charge in [-0.3, -0.25) is 4.90 Å². The first-order chi connectivity index (χ1) is 10.8. The lowest BCUT2D eigenvalue weighted by atomic mass is 10.1. The predicted octanol–water partition coefficient (Wildman–Crippen LogP) is 1.86. The van der Waals surface area contributed by atoms with E-state index in [9.17, 15) is 4.79 Å². The molecule has 1 aliphatic carbocycles. The average Bonchev–Trinajstić information content (AvgIpc) is 3.24. The Kier molecular flexibility index (Phi) is 5.67. The molecule has 6 nitrogen and oxygen atoms in total. The molecular formula is C16H28N4O2. The molecule has 2 saturated heterocycles. The number of urea groups is 1. The maximum Gasteiger partial charge on any atom is 0.335 e. The number of nitrogens with zero attached hydrogens (tertiary/aromatic N) is 2. The van der Waals surface area contributed by atoms with Crippen molar-refractivity contribution < 1.29 is 9.53 Å². The summed E-state index contributed by atoms with van der Waals surface area (Å²) in [6.07, 6.45) is 9.73. The van der Waals surface area contributed by atoms with E-state index >= 15 is 0 Å². The molecule has 0 unspecified atom stereocenters. The number of ether oxygens (including phenoxy) is 1. The largest absolute Gasteiger partial charge is 0.376 e. The predicted molar refractivity (Wildman–Crippen MR) is 86.0 cm³/mol. The van der Waals surface area contributed by atoms with E-state index < -0.39 is 0 Å². The quantitative estimate of drug-likeness (QED) is 0.779. The van der Waals surface area contributed by atoms with Crippen LogP contribution in [0.5, 0.6) is 0 Å². The zero-order valence-corrected chi connectivity index (χ0v) is 13.4. The second kappa shape index (κ2) is 7.92. The van der Waals surface area contributed by atoms with E-state index in [-0.39, 0.29) is 12.1 Å². The molecule has 0 bridgehead atoms. The van der Waals surface area contributed by atoms with Gasteiger partial charge in [0.1, 0.15) is 0 Å². The highest BCUT2D eigenvalue weighted by atomic mass is 16.5. The molecule has 1 atom stereocenters. The van der Waals surface area contributed by atoms with Gasteiger partial charge in [-0.1, -0.05) is 12.8 Å². The zero-order chi connectivity index (χ0) is 15.2. The number of rotatable bonds is 4. The Morgan fingerprint density at radius 1 is 1.18 bits per heavy atom. The third-order valence-electron chi connectivity index (χ3n) is 5.05. The molecule has 2 amide bonds. The molecule has 2 heterocycles. The summed E-state index contributed by atoms with van der Waals surface area (Å²) < 4.78 is 5.47. The summed E-state index contributed by atoms with van der Waals surface area (Å²) in [5.41, 5.74) is 3.74. The molecule has 2 N–H and O–H groups in total. The Morgan fingerprint density at radius 3 is 2.64 bits per heavy atom. The van der Waals surface area contributed by atoms with Crippen LogP contribution in [0.1, 0.15) is 51.4 Å². The molecule has 0 radical (unpaired) electrons. The van der Waals surface area contributed by atoms with Crippen LogP contribution in [-0.4, -0.2) is 55.0 Å². The summed E-state index contributed by atoms with van der Waals surface area (Å²) in [6, 6.07) is 0.574. The molecule has 2 aliphatic heterocycles. The summed E-state index contributed by atoms with van der Waals surface area (Å²) in [6.45, 7) is 3.56. The Bertz CT molecular complexity index is 391. The lowest BCUT2D eigenvalue weighted by Gasteiger charge is -2.32. The maximum absolute atomic E-state index is 11.7. The first-order valence-corrected chi connectivity index (χ1v) is 8.76. The minimum absolute atomic E-state index is 0.174. The molecule has 0 aromatic carbocycles. The van der Waals surface area contributed by atoms with Crippen molar-refractivity contribution in [3.8, 4) is 0 Å². The highest BCUT2D eigenvalue weighted by Crippen LogP contribution is 2.25. The number of piperidine rings is 1. The lowest BCUT2D eigenvalue weighted by Crippen LogP contribution is -2.41. The second-order valence-corrected chi connectivity index (χ2v) is 6.61. The molecule has 22 heavy (non-hydrogen) atoms. The van der Waals surface area contributed by atoms with Gasteiger partial charge < -0.3 is 10.1 Å². The van der Waals surface area contributed by atoms with Gasteiger partial charge in [0.05, 0.1) is 6.10 Å². The fourth-order valence-corrected chi connectivity index (χ4v) is 3.71. The van der Waals surface area contributed by atoms with E-state index in [0.717, 1.165) is 57.1 Å². The van der Waals surface area contributed by atoms with Gasteiger partial charge in [0.25, 0.3) is 0 Å². The fraction of sp³-hybridized carbons (Fsp3) is 0.875. The number of hydrazone groups is 1. The van der Waals surface area contributed by atoms with Gasteiger partial charge in [-0.2, -0.15) is 5.10 Å². The number of carbonyl (C=O) groups excluding carboxylic acids is 1. The van der Waals surface area contributed by atoms with Crippen LogP contribution in [-0.2, 0) is 4.74 Å². The molecule has 3 rings (SSSR count). The van der Waals surface area contributed by atoms with Gasteiger partial charge in [-0.05, 0) is 25.7 Å². The normalized spacial score (nSPS) is 27.1. The zero-order valence-electron chi connectivity index (χ0n) is 13.4. The fourth-order valence-electron chi connectivity index (χ4n) is 3.71. The molecule has 0 spiro atoms. The summed E-state index contributed by atoms with van der Waals surface area (Å²) in [4.78, 5) is 14.3. The second-order valence-electron chi connectivity index (χ2n) is 6.61. The SMILES string of the molecule is O=C(NC[C@@H]1CCCO1)NN=C1CCN(C2CCCC2)CC1. The third-order valence-corrected chi connectivity index (χ3v) is 5.05. The van der Waals surface area contributed by atoms with Gasteiger partial charge in [-0.25, -0.2) is 10.2 Å². The average molecular weight is 308 g/mol. The van der Waals surface area contributed by atoms with E-state index in [1.165, 1.54) is 25.7 Å². The molecule has 3 aliphatic rings. The van der Waals surface area contributed by atoms with Crippen molar-refractivity contribution in [2.45, 2.75) is 63.5 Å². The highest BCUT2D eigenvalue weighted by molar-refractivity contribution is 5.87. The van der Waals surface area contributed by atoms with Crippen LogP contribution in [0.25, 0.3) is 0 Å². The van der Waals surface area contributed by atoms with Crippen LogP contribution >= 0.6 is 0 Å². The highest BCUT2D eigenvalue weighted by Gasteiger charge is 2.25. The number of hydrogen-bond donors (Lipinski definition) is 2. The van der Waals surface area contributed by atoms with E-state index in [2.05, 4.69) is 20.7 Å². The monoisotopic (exact) mass is 308 g/mol. The first kappa shape index (κ1) is 15.7. The van der Waals surface area contributed by atoms with Gasteiger partial charge in [0.15, 0.2) is 0 Å². The van der Waals surface area contributed by atoms with Crippen LogP contribution < -0.4 is 10.7 Å². The third kappa shape index (κ3) is 4.43. The molecule has 124 valence electrons. The standard InChI is InChI=1S/C16H28N4O2/c21-16(17-12-15-6-3-11-22-15)19-18-13-7-9-20(10-8-13)14-4-1-2-5-14/h14-15H,1-12H2,(H2,17,19,21)/t15-/m0/s1. The van der Waals surface area contributed by atoms with E-state index in [4.69, 9.17) is 4.74 Å². The molecule has 3 fully saturated rings. The number of nitrogens with one attached hydrogen (secondary N) is 2. The van der Waals surface area contributed by atoms with Gasteiger partial charge >= 0.3 is 6.03 Å². The number of amides is 2.